The first-order chi connectivity index (χ1) is 11.9. The van der Waals surface area contributed by atoms with E-state index in [4.69, 9.17) is 5.73 Å². The third kappa shape index (κ3) is 8.11. The molecule has 2 N–H and O–H groups in total. The number of aromatic nitrogens is 1. The fraction of sp³-hybridized carbons (Fsp3) is 0.273. The van der Waals surface area contributed by atoms with Crippen LogP contribution in [-0.4, -0.2) is 11.2 Å². The maximum absolute atomic E-state index is 5.66. The molecule has 0 fully saturated rings. The van der Waals surface area contributed by atoms with Gasteiger partial charge >= 0.3 is 0 Å². The summed E-state index contributed by atoms with van der Waals surface area (Å²) in [5.41, 5.74) is 12.3. The molecule has 132 valence electrons. The molecule has 0 unspecified atom stereocenters. The molecule has 1 aromatic heterocycles. The highest BCUT2D eigenvalue weighted by Crippen LogP contribution is 2.14. The Balaban J connectivity index is 0.000000257. The van der Waals surface area contributed by atoms with Crippen molar-refractivity contribution in [3.8, 4) is 0 Å². The van der Waals surface area contributed by atoms with Gasteiger partial charge in [0.05, 0.1) is 0 Å². The second kappa shape index (κ2) is 11.0. The summed E-state index contributed by atoms with van der Waals surface area (Å²) >= 11 is 0. The van der Waals surface area contributed by atoms with Crippen LogP contribution in [0.1, 0.15) is 43.9 Å². The Morgan fingerprint density at radius 3 is 2.64 bits per heavy atom. The molecule has 3 heteroatoms. The van der Waals surface area contributed by atoms with Crippen LogP contribution in [0.25, 0.3) is 5.57 Å². The molecule has 0 spiro atoms. The summed E-state index contributed by atoms with van der Waals surface area (Å²) in [5.74, 6) is 0. The van der Waals surface area contributed by atoms with Crippen LogP contribution in [0.3, 0.4) is 0 Å². The zero-order valence-corrected chi connectivity index (χ0v) is 15.8. The van der Waals surface area contributed by atoms with E-state index in [0.717, 1.165) is 28.9 Å². The van der Waals surface area contributed by atoms with E-state index in [1.807, 2.05) is 44.3 Å². The van der Waals surface area contributed by atoms with Gasteiger partial charge in [-0.15, -0.1) is 0 Å². The summed E-state index contributed by atoms with van der Waals surface area (Å²) in [6, 6.07) is 10.0. The first-order valence-corrected chi connectivity index (χ1v) is 8.56. The van der Waals surface area contributed by atoms with E-state index in [1.165, 1.54) is 17.5 Å². The van der Waals surface area contributed by atoms with Gasteiger partial charge in [-0.05, 0) is 73.7 Å². The van der Waals surface area contributed by atoms with Crippen molar-refractivity contribution in [3.05, 3.63) is 77.8 Å². The van der Waals surface area contributed by atoms with E-state index in [1.54, 1.807) is 12.4 Å². The number of rotatable bonds is 5. The number of hydrogen-bond donors (Lipinski definition) is 1. The molecule has 25 heavy (non-hydrogen) atoms. The lowest BCUT2D eigenvalue weighted by atomic mass is 10.0. The smallest absolute Gasteiger partial charge is 0.0342 e. The normalized spacial score (nSPS) is 11.1. The first kappa shape index (κ1) is 20.4. The Bertz CT molecular complexity index is 728. The Kier molecular flexibility index (Phi) is 8.94. The van der Waals surface area contributed by atoms with E-state index in [-0.39, 0.29) is 0 Å². The van der Waals surface area contributed by atoms with Crippen molar-refractivity contribution < 1.29 is 0 Å². The van der Waals surface area contributed by atoms with E-state index in [9.17, 15) is 0 Å². The van der Waals surface area contributed by atoms with Crippen molar-refractivity contribution in [2.24, 2.45) is 4.99 Å². The van der Waals surface area contributed by atoms with Crippen LogP contribution >= 0.6 is 0 Å². The highest BCUT2D eigenvalue weighted by atomic mass is 14.7. The fourth-order valence-corrected chi connectivity index (χ4v) is 2.20. The van der Waals surface area contributed by atoms with Crippen LogP contribution in [0.5, 0.6) is 0 Å². The van der Waals surface area contributed by atoms with Crippen LogP contribution in [0.15, 0.2) is 66.1 Å². The molecule has 0 aliphatic carbocycles. The standard InChI is InChI=1S/C12H14N2.C10H15N/c1-10(2)14-8-6-11(3)12-5-4-7-13-9-12;1-3-4-9-7-10(11)6-5-8(9)2/h4-9H,1H2,2-3H3;5-7H,3-4,11H2,1-2H3/b11-6+,14-8?;. The zero-order chi connectivity index (χ0) is 18.7. The molecule has 0 saturated carbocycles. The third-order valence-corrected chi connectivity index (χ3v) is 3.63. The van der Waals surface area contributed by atoms with Crippen molar-refractivity contribution in [1.82, 2.24) is 4.98 Å². The summed E-state index contributed by atoms with van der Waals surface area (Å²) < 4.78 is 0. The number of hydrogen-bond acceptors (Lipinski definition) is 3. The molecule has 3 nitrogen and oxygen atoms in total. The predicted molar refractivity (Wildman–Crippen MR) is 111 cm³/mol. The number of anilines is 1. The quantitative estimate of drug-likeness (QED) is 0.569. The second-order valence-corrected chi connectivity index (χ2v) is 6.04. The van der Waals surface area contributed by atoms with Gasteiger partial charge in [-0.3, -0.25) is 9.98 Å². The molecule has 0 aliphatic heterocycles. The highest BCUT2D eigenvalue weighted by molar-refractivity contribution is 5.84. The molecular formula is C22H29N3. The Labute approximate surface area is 152 Å². The molecule has 0 saturated heterocycles. The minimum absolute atomic E-state index is 0.806. The molecule has 2 rings (SSSR count). The molecule has 1 heterocycles. The Hall–Kier alpha value is -2.68. The highest BCUT2D eigenvalue weighted by Gasteiger charge is 1.96. The molecule has 0 radical (unpaired) electrons. The zero-order valence-electron chi connectivity index (χ0n) is 15.8. The summed E-state index contributed by atoms with van der Waals surface area (Å²) in [4.78, 5) is 8.12. The number of aliphatic imine (C=N–C) groups is 1. The molecule has 0 bridgehead atoms. The summed E-state index contributed by atoms with van der Waals surface area (Å²) in [7, 11) is 0. The molecular weight excluding hydrogens is 306 g/mol. The van der Waals surface area contributed by atoms with Gasteiger partial charge in [0.1, 0.15) is 0 Å². The summed E-state index contributed by atoms with van der Waals surface area (Å²) in [6.07, 6.45) is 9.62. The van der Waals surface area contributed by atoms with Gasteiger partial charge in [-0.1, -0.05) is 32.1 Å². The van der Waals surface area contributed by atoms with Gasteiger partial charge in [0, 0.05) is 30.0 Å². The minimum atomic E-state index is 0.806. The van der Waals surface area contributed by atoms with E-state index in [0.29, 0.717) is 0 Å². The maximum Gasteiger partial charge on any atom is 0.0342 e. The molecule has 1 aromatic carbocycles. The molecule has 0 amide bonds. The molecule has 2 aromatic rings. The minimum Gasteiger partial charge on any atom is -0.399 e. The van der Waals surface area contributed by atoms with Crippen LogP contribution in [-0.2, 0) is 6.42 Å². The van der Waals surface area contributed by atoms with Gasteiger partial charge in [0.15, 0.2) is 0 Å². The monoisotopic (exact) mass is 335 g/mol. The molecule has 0 atom stereocenters. The van der Waals surface area contributed by atoms with Crippen LogP contribution < -0.4 is 5.73 Å². The number of nitrogen functional groups attached to an aromatic ring is 1. The number of allylic oxidation sites excluding steroid dienone is 3. The lowest BCUT2D eigenvalue weighted by molar-refractivity contribution is 0.913. The Morgan fingerprint density at radius 1 is 1.28 bits per heavy atom. The van der Waals surface area contributed by atoms with Gasteiger partial charge in [0.2, 0.25) is 0 Å². The van der Waals surface area contributed by atoms with Crippen LogP contribution in [0.4, 0.5) is 5.69 Å². The van der Waals surface area contributed by atoms with Gasteiger partial charge in [0.25, 0.3) is 0 Å². The number of nitrogens with two attached hydrogens (primary N) is 1. The largest absolute Gasteiger partial charge is 0.399 e. The lowest BCUT2D eigenvalue weighted by Gasteiger charge is -2.04. The van der Waals surface area contributed by atoms with Crippen LogP contribution in [0.2, 0.25) is 0 Å². The van der Waals surface area contributed by atoms with E-state index >= 15 is 0 Å². The number of pyridine rings is 1. The number of benzene rings is 1. The molecule has 0 aliphatic rings. The topological polar surface area (TPSA) is 51.3 Å². The second-order valence-electron chi connectivity index (χ2n) is 6.04. The fourth-order valence-electron chi connectivity index (χ4n) is 2.20. The van der Waals surface area contributed by atoms with Crippen molar-refractivity contribution >= 4 is 17.5 Å². The van der Waals surface area contributed by atoms with E-state index < -0.39 is 0 Å². The summed E-state index contributed by atoms with van der Waals surface area (Å²) in [5, 5.41) is 0. The Morgan fingerprint density at radius 2 is 2.04 bits per heavy atom. The SMILES string of the molecule is C=C(C)N=C/C=C(\C)c1cccnc1.CCCc1cc(N)ccc1C. The third-order valence-electron chi connectivity index (χ3n) is 3.63. The average Bonchev–Trinajstić information content (AvgIpc) is 2.59. The number of nitrogens with zero attached hydrogens (tertiary/aromatic N) is 2. The number of aryl methyl sites for hydroxylation is 2. The van der Waals surface area contributed by atoms with Gasteiger partial charge in [-0.25, -0.2) is 0 Å². The summed E-state index contributed by atoms with van der Waals surface area (Å²) in [6.45, 7) is 11.9. The predicted octanol–water partition coefficient (Wildman–Crippen LogP) is 5.62. The van der Waals surface area contributed by atoms with Crippen molar-refractivity contribution in [1.29, 1.82) is 0 Å². The van der Waals surface area contributed by atoms with Gasteiger partial charge < -0.3 is 5.73 Å². The lowest BCUT2D eigenvalue weighted by Crippen LogP contribution is -1.91. The average molecular weight is 335 g/mol. The maximum atomic E-state index is 5.66. The van der Waals surface area contributed by atoms with Crippen LogP contribution in [0, 0.1) is 6.92 Å². The van der Waals surface area contributed by atoms with Crippen molar-refractivity contribution in [3.63, 3.8) is 0 Å². The van der Waals surface area contributed by atoms with Crippen molar-refractivity contribution in [2.45, 2.75) is 40.5 Å². The van der Waals surface area contributed by atoms with Crippen molar-refractivity contribution in [2.75, 3.05) is 5.73 Å². The van der Waals surface area contributed by atoms with Gasteiger partial charge in [-0.2, -0.15) is 0 Å². The first-order valence-electron chi connectivity index (χ1n) is 8.56. The van der Waals surface area contributed by atoms with E-state index in [2.05, 4.69) is 42.5 Å².